The van der Waals surface area contributed by atoms with Crippen LogP contribution in [0.2, 0.25) is 0 Å². The maximum atomic E-state index is 11.7. The molecule has 0 atom stereocenters. The molecule has 1 fully saturated rings. The van der Waals surface area contributed by atoms with Crippen molar-refractivity contribution in [3.8, 4) is 0 Å². The van der Waals surface area contributed by atoms with Gasteiger partial charge in [0.1, 0.15) is 0 Å². The van der Waals surface area contributed by atoms with Gasteiger partial charge in [-0.15, -0.1) is 0 Å². The second-order valence-corrected chi connectivity index (χ2v) is 3.99. The van der Waals surface area contributed by atoms with Gasteiger partial charge in [-0.25, -0.2) is 0 Å². The first kappa shape index (κ1) is 12.8. The van der Waals surface area contributed by atoms with Crippen molar-refractivity contribution in [3.05, 3.63) is 0 Å². The molecule has 1 aliphatic carbocycles. The highest BCUT2D eigenvalue weighted by molar-refractivity contribution is 4.71. The van der Waals surface area contributed by atoms with E-state index in [0.29, 0.717) is 19.7 Å². The highest BCUT2D eigenvalue weighted by Crippen LogP contribution is 2.28. The molecule has 0 bridgehead atoms. The molecule has 0 aromatic carbocycles. The zero-order valence-electron chi connectivity index (χ0n) is 8.78. The van der Waals surface area contributed by atoms with Crippen LogP contribution >= 0.6 is 0 Å². The molecule has 1 saturated carbocycles. The summed E-state index contributed by atoms with van der Waals surface area (Å²) >= 11 is 0. The minimum absolute atomic E-state index is 0.145. The van der Waals surface area contributed by atoms with Gasteiger partial charge in [-0.1, -0.05) is 0 Å². The zero-order valence-corrected chi connectivity index (χ0v) is 8.78. The minimum Gasteiger partial charge on any atom is -0.380 e. The van der Waals surface area contributed by atoms with Gasteiger partial charge < -0.3 is 10.1 Å². The Balaban J connectivity index is 1.72. The average Bonchev–Trinajstić information content (AvgIpc) is 2.91. The van der Waals surface area contributed by atoms with Crippen LogP contribution in [0.3, 0.4) is 0 Å². The fraction of sp³-hybridized carbons (Fsp3) is 1.00. The lowest BCUT2D eigenvalue weighted by molar-refractivity contribution is -0.135. The maximum absolute atomic E-state index is 11.7. The number of ether oxygens (including phenoxy) is 1. The molecule has 1 aliphatic rings. The molecule has 15 heavy (non-hydrogen) atoms. The monoisotopic (exact) mass is 225 g/mol. The van der Waals surface area contributed by atoms with Crippen LogP contribution in [0.1, 0.15) is 25.7 Å². The Morgan fingerprint density at radius 2 is 1.93 bits per heavy atom. The van der Waals surface area contributed by atoms with Crippen LogP contribution in [-0.2, 0) is 4.74 Å². The van der Waals surface area contributed by atoms with Crippen molar-refractivity contribution in [3.63, 3.8) is 0 Å². The van der Waals surface area contributed by atoms with Crippen LogP contribution in [-0.4, -0.2) is 32.5 Å². The lowest BCUT2D eigenvalue weighted by Gasteiger charge is -2.07. The summed E-state index contributed by atoms with van der Waals surface area (Å²) in [6.45, 7) is 2.46. The predicted molar refractivity (Wildman–Crippen MR) is 51.7 cm³/mol. The number of rotatable bonds is 8. The molecule has 90 valence electrons. The first-order valence-corrected chi connectivity index (χ1v) is 5.43. The van der Waals surface area contributed by atoms with Crippen molar-refractivity contribution in [2.24, 2.45) is 5.92 Å². The van der Waals surface area contributed by atoms with Gasteiger partial charge in [-0.05, 0) is 31.7 Å². The average molecular weight is 225 g/mol. The molecule has 0 amide bonds. The lowest BCUT2D eigenvalue weighted by atomic mass is 10.3. The summed E-state index contributed by atoms with van der Waals surface area (Å²) in [4.78, 5) is 0. The maximum Gasteiger partial charge on any atom is 0.389 e. The van der Waals surface area contributed by atoms with Crippen molar-refractivity contribution in [2.45, 2.75) is 31.9 Å². The lowest BCUT2D eigenvalue weighted by Crippen LogP contribution is -2.22. The third-order valence-electron chi connectivity index (χ3n) is 2.29. The largest absolute Gasteiger partial charge is 0.389 e. The van der Waals surface area contributed by atoms with E-state index in [9.17, 15) is 13.2 Å². The number of hydrogen-bond acceptors (Lipinski definition) is 2. The SMILES string of the molecule is FC(F)(F)CCCNCCOCC1CC1. The van der Waals surface area contributed by atoms with Crippen LogP contribution in [0.5, 0.6) is 0 Å². The van der Waals surface area contributed by atoms with Gasteiger partial charge in [-0.2, -0.15) is 13.2 Å². The highest BCUT2D eigenvalue weighted by Gasteiger charge is 2.25. The highest BCUT2D eigenvalue weighted by atomic mass is 19.4. The molecule has 0 unspecified atom stereocenters. The van der Waals surface area contributed by atoms with E-state index in [-0.39, 0.29) is 6.42 Å². The van der Waals surface area contributed by atoms with E-state index < -0.39 is 12.6 Å². The molecule has 0 aromatic heterocycles. The van der Waals surface area contributed by atoms with E-state index in [0.717, 1.165) is 12.5 Å². The van der Waals surface area contributed by atoms with Gasteiger partial charge in [0.15, 0.2) is 0 Å². The van der Waals surface area contributed by atoms with Gasteiger partial charge in [0.25, 0.3) is 0 Å². The zero-order chi connectivity index (χ0) is 11.1. The fourth-order valence-electron chi connectivity index (χ4n) is 1.22. The predicted octanol–water partition coefficient (Wildman–Crippen LogP) is 2.35. The molecular weight excluding hydrogens is 207 g/mol. The number of hydrogen-bond donors (Lipinski definition) is 1. The molecule has 5 heteroatoms. The molecule has 0 aliphatic heterocycles. The Hall–Kier alpha value is -0.290. The minimum atomic E-state index is -4.02. The second kappa shape index (κ2) is 6.33. The van der Waals surface area contributed by atoms with Gasteiger partial charge in [0, 0.05) is 19.6 Å². The summed E-state index contributed by atoms with van der Waals surface area (Å²) in [5, 5.41) is 2.93. The number of nitrogens with one attached hydrogen (secondary N) is 1. The molecule has 1 N–H and O–H groups in total. The topological polar surface area (TPSA) is 21.3 Å². The van der Waals surface area contributed by atoms with Crippen molar-refractivity contribution in [1.82, 2.24) is 5.32 Å². The molecule has 0 radical (unpaired) electrons. The standard InChI is InChI=1S/C10H18F3NO/c11-10(12,13)4-1-5-14-6-7-15-8-9-2-3-9/h9,14H,1-8H2. The summed E-state index contributed by atoms with van der Waals surface area (Å²) in [5.41, 5.74) is 0. The van der Waals surface area contributed by atoms with Crippen LogP contribution in [0.25, 0.3) is 0 Å². The Morgan fingerprint density at radius 1 is 1.20 bits per heavy atom. The van der Waals surface area contributed by atoms with E-state index in [1.807, 2.05) is 0 Å². The van der Waals surface area contributed by atoms with Crippen LogP contribution < -0.4 is 5.32 Å². The molecule has 0 aromatic rings. The van der Waals surface area contributed by atoms with Crippen molar-refractivity contribution in [1.29, 1.82) is 0 Å². The number of halogens is 3. The van der Waals surface area contributed by atoms with Crippen molar-refractivity contribution in [2.75, 3.05) is 26.3 Å². The van der Waals surface area contributed by atoms with Gasteiger partial charge >= 0.3 is 6.18 Å². The summed E-state index contributed by atoms with van der Waals surface area (Å²) < 4.78 is 40.5. The molecule has 2 nitrogen and oxygen atoms in total. The first-order chi connectivity index (χ1) is 7.08. The Labute approximate surface area is 88.2 Å². The summed E-state index contributed by atoms with van der Waals surface area (Å²) in [6, 6.07) is 0. The Morgan fingerprint density at radius 3 is 2.53 bits per heavy atom. The molecular formula is C10H18F3NO. The van der Waals surface area contributed by atoms with Crippen molar-refractivity contribution < 1.29 is 17.9 Å². The summed E-state index contributed by atoms with van der Waals surface area (Å²) in [5.74, 6) is 0.746. The molecule has 0 heterocycles. The van der Waals surface area contributed by atoms with Crippen LogP contribution in [0, 0.1) is 5.92 Å². The normalized spacial score (nSPS) is 17.0. The molecule has 0 spiro atoms. The molecule has 0 saturated heterocycles. The number of alkyl halides is 3. The van der Waals surface area contributed by atoms with E-state index >= 15 is 0 Å². The third kappa shape index (κ3) is 8.69. The Bertz CT molecular complexity index is 169. The van der Waals surface area contributed by atoms with Crippen molar-refractivity contribution >= 4 is 0 Å². The van der Waals surface area contributed by atoms with Gasteiger partial charge in [0.2, 0.25) is 0 Å². The van der Waals surface area contributed by atoms with Gasteiger partial charge in [0.05, 0.1) is 6.61 Å². The van der Waals surface area contributed by atoms with Crippen LogP contribution in [0.4, 0.5) is 13.2 Å². The van der Waals surface area contributed by atoms with Gasteiger partial charge in [-0.3, -0.25) is 0 Å². The van der Waals surface area contributed by atoms with Crippen LogP contribution in [0.15, 0.2) is 0 Å². The summed E-state index contributed by atoms with van der Waals surface area (Å²) in [7, 11) is 0. The second-order valence-electron chi connectivity index (χ2n) is 3.99. The smallest absolute Gasteiger partial charge is 0.380 e. The first-order valence-electron chi connectivity index (χ1n) is 5.43. The van der Waals surface area contributed by atoms with E-state index in [1.165, 1.54) is 12.8 Å². The van der Waals surface area contributed by atoms with E-state index in [4.69, 9.17) is 4.74 Å². The third-order valence-corrected chi connectivity index (χ3v) is 2.29. The molecule has 1 rings (SSSR count). The fourth-order valence-corrected chi connectivity index (χ4v) is 1.22. The van der Waals surface area contributed by atoms with E-state index in [2.05, 4.69) is 5.32 Å². The Kier molecular flexibility index (Phi) is 5.39. The summed E-state index contributed by atoms with van der Waals surface area (Å²) in [6.07, 6.45) is -2.06. The quantitative estimate of drug-likeness (QED) is 0.640. The van der Waals surface area contributed by atoms with E-state index in [1.54, 1.807) is 0 Å².